The molecule has 0 aliphatic carbocycles. The van der Waals surface area contributed by atoms with Gasteiger partial charge < -0.3 is 10.1 Å². The largest absolute Gasteiger partial charge is 0.401 e. The minimum Gasteiger partial charge on any atom is -0.378 e. The third kappa shape index (κ3) is 5.10. The zero-order valence-electron chi connectivity index (χ0n) is 8.10. The van der Waals surface area contributed by atoms with Crippen molar-refractivity contribution in [3.8, 4) is 0 Å². The molecule has 0 saturated heterocycles. The fourth-order valence-corrected chi connectivity index (χ4v) is 1.72. The third-order valence-electron chi connectivity index (χ3n) is 1.50. The maximum absolute atomic E-state index is 11.8. The Balaban J connectivity index is 2.31. The van der Waals surface area contributed by atoms with Crippen molar-refractivity contribution < 1.29 is 17.9 Å². The fraction of sp³-hybridized carbons (Fsp3) is 0.625. The molecule has 0 fully saturated rings. The minimum atomic E-state index is -4.18. The number of hydrogen-bond donors (Lipinski definition) is 1. The second-order valence-electron chi connectivity index (χ2n) is 2.88. The quantitative estimate of drug-likeness (QED) is 0.854. The van der Waals surface area contributed by atoms with Gasteiger partial charge in [-0.1, -0.05) is 0 Å². The first-order chi connectivity index (χ1) is 7.01. The van der Waals surface area contributed by atoms with Gasteiger partial charge in [0.25, 0.3) is 0 Å². The van der Waals surface area contributed by atoms with Crippen molar-refractivity contribution in [2.45, 2.75) is 19.3 Å². The van der Waals surface area contributed by atoms with Crippen molar-refractivity contribution in [3.63, 3.8) is 0 Å². The number of hydrogen-bond acceptors (Lipinski definition) is 4. The average Bonchev–Trinajstić information content (AvgIpc) is 2.51. The lowest BCUT2D eigenvalue weighted by Gasteiger charge is -2.06. The minimum absolute atomic E-state index is 0.125. The van der Waals surface area contributed by atoms with E-state index in [0.717, 1.165) is 5.01 Å². The number of thiazole rings is 1. The van der Waals surface area contributed by atoms with Gasteiger partial charge in [-0.05, 0) is 0 Å². The molecule has 0 aliphatic rings. The summed E-state index contributed by atoms with van der Waals surface area (Å²) in [5.41, 5.74) is 0.608. The molecule has 0 amide bonds. The lowest BCUT2D eigenvalue weighted by atomic mass is 10.4. The standard InChI is InChI=1S/C8H11F3N2OS/c1-14-3-7-13-6(4-15-7)2-12-5-8(9,10)11/h4,12H,2-3,5H2,1H3. The van der Waals surface area contributed by atoms with Gasteiger partial charge in [-0.15, -0.1) is 11.3 Å². The number of ether oxygens (including phenoxy) is 1. The SMILES string of the molecule is COCc1nc(CNCC(F)(F)F)cs1. The van der Waals surface area contributed by atoms with Gasteiger partial charge >= 0.3 is 6.18 Å². The number of methoxy groups -OCH3 is 1. The number of aromatic nitrogens is 1. The molecule has 1 aromatic heterocycles. The number of alkyl halides is 3. The Bertz CT molecular complexity index is 300. The van der Waals surface area contributed by atoms with Crippen LogP contribution in [0.1, 0.15) is 10.7 Å². The van der Waals surface area contributed by atoms with Crippen molar-refractivity contribution in [1.82, 2.24) is 10.3 Å². The molecule has 0 saturated carbocycles. The molecule has 0 atom stereocenters. The lowest BCUT2D eigenvalue weighted by Crippen LogP contribution is -2.28. The molecule has 7 heteroatoms. The molecule has 0 spiro atoms. The summed E-state index contributed by atoms with van der Waals surface area (Å²) >= 11 is 1.37. The highest BCUT2D eigenvalue weighted by atomic mass is 32.1. The van der Waals surface area contributed by atoms with Crippen LogP contribution in [0, 0.1) is 0 Å². The topological polar surface area (TPSA) is 34.1 Å². The Morgan fingerprint density at radius 3 is 2.87 bits per heavy atom. The van der Waals surface area contributed by atoms with E-state index >= 15 is 0 Å². The molecule has 86 valence electrons. The van der Waals surface area contributed by atoms with Gasteiger partial charge in [0.2, 0.25) is 0 Å². The second kappa shape index (κ2) is 5.43. The first kappa shape index (κ1) is 12.4. The van der Waals surface area contributed by atoms with E-state index in [0.29, 0.717) is 12.3 Å². The monoisotopic (exact) mass is 240 g/mol. The van der Waals surface area contributed by atoms with Crippen molar-refractivity contribution in [2.75, 3.05) is 13.7 Å². The molecule has 0 unspecified atom stereocenters. The van der Waals surface area contributed by atoms with E-state index in [2.05, 4.69) is 10.3 Å². The highest BCUT2D eigenvalue weighted by molar-refractivity contribution is 7.09. The van der Waals surface area contributed by atoms with E-state index in [1.807, 2.05) is 0 Å². The van der Waals surface area contributed by atoms with Crippen LogP contribution in [-0.2, 0) is 17.9 Å². The van der Waals surface area contributed by atoms with E-state index in [9.17, 15) is 13.2 Å². The second-order valence-corrected chi connectivity index (χ2v) is 3.83. The Kier molecular flexibility index (Phi) is 4.49. The van der Waals surface area contributed by atoms with Gasteiger partial charge in [0.05, 0.1) is 18.8 Å². The molecule has 1 heterocycles. The summed E-state index contributed by atoms with van der Waals surface area (Å²) in [6.07, 6.45) is -4.18. The highest BCUT2D eigenvalue weighted by Gasteiger charge is 2.26. The maximum atomic E-state index is 11.8. The van der Waals surface area contributed by atoms with Crippen molar-refractivity contribution in [2.24, 2.45) is 0 Å². The lowest BCUT2D eigenvalue weighted by molar-refractivity contribution is -0.125. The Labute approximate surface area is 89.3 Å². The summed E-state index contributed by atoms with van der Waals surface area (Å²) in [5, 5.41) is 4.76. The van der Waals surface area contributed by atoms with Gasteiger partial charge in [-0.25, -0.2) is 4.98 Å². The predicted octanol–water partition coefficient (Wildman–Crippen LogP) is 1.94. The normalized spacial score (nSPS) is 12.0. The zero-order valence-corrected chi connectivity index (χ0v) is 8.91. The number of nitrogens with one attached hydrogen (secondary N) is 1. The maximum Gasteiger partial charge on any atom is 0.401 e. The van der Waals surface area contributed by atoms with E-state index in [-0.39, 0.29) is 6.54 Å². The van der Waals surface area contributed by atoms with Crippen LogP contribution in [0.25, 0.3) is 0 Å². The van der Waals surface area contributed by atoms with Gasteiger partial charge in [-0.2, -0.15) is 13.2 Å². The first-order valence-corrected chi connectivity index (χ1v) is 5.09. The van der Waals surface area contributed by atoms with Crippen molar-refractivity contribution >= 4 is 11.3 Å². The summed E-state index contributed by atoms with van der Waals surface area (Å²) in [4.78, 5) is 4.08. The summed E-state index contributed by atoms with van der Waals surface area (Å²) in [6.45, 7) is -0.478. The molecule has 1 rings (SSSR count). The van der Waals surface area contributed by atoms with Crippen LogP contribution >= 0.6 is 11.3 Å². The molecule has 0 bridgehead atoms. The molecule has 3 nitrogen and oxygen atoms in total. The summed E-state index contributed by atoms with van der Waals surface area (Å²) in [6, 6.07) is 0. The van der Waals surface area contributed by atoms with Crippen LogP contribution in [0.5, 0.6) is 0 Å². The van der Waals surface area contributed by atoms with Crippen LogP contribution in [0.3, 0.4) is 0 Å². The smallest absolute Gasteiger partial charge is 0.378 e. The van der Waals surface area contributed by atoms with E-state index in [1.54, 1.807) is 12.5 Å². The average molecular weight is 240 g/mol. The zero-order chi connectivity index (χ0) is 11.3. The third-order valence-corrected chi connectivity index (χ3v) is 2.37. The number of nitrogens with zero attached hydrogens (tertiary/aromatic N) is 1. The summed E-state index contributed by atoms with van der Waals surface area (Å²) in [7, 11) is 1.54. The van der Waals surface area contributed by atoms with Gasteiger partial charge in [-0.3, -0.25) is 0 Å². The molecule has 0 radical (unpaired) electrons. The summed E-state index contributed by atoms with van der Waals surface area (Å²) in [5.74, 6) is 0. The molecule has 1 N–H and O–H groups in total. The fourth-order valence-electron chi connectivity index (χ4n) is 0.952. The van der Waals surface area contributed by atoms with E-state index < -0.39 is 12.7 Å². The van der Waals surface area contributed by atoms with Gasteiger partial charge in [0.1, 0.15) is 5.01 Å². The van der Waals surface area contributed by atoms with E-state index in [1.165, 1.54) is 11.3 Å². The highest BCUT2D eigenvalue weighted by Crippen LogP contribution is 2.13. The first-order valence-electron chi connectivity index (χ1n) is 4.21. The number of halogens is 3. The molecule has 15 heavy (non-hydrogen) atoms. The van der Waals surface area contributed by atoms with Crippen molar-refractivity contribution in [1.29, 1.82) is 0 Å². The predicted molar refractivity (Wildman–Crippen MR) is 50.6 cm³/mol. The van der Waals surface area contributed by atoms with Crippen molar-refractivity contribution in [3.05, 3.63) is 16.1 Å². The Morgan fingerprint density at radius 2 is 2.27 bits per heavy atom. The molecule has 1 aromatic rings. The van der Waals surface area contributed by atoms with E-state index in [4.69, 9.17) is 4.74 Å². The van der Waals surface area contributed by atoms with Gasteiger partial charge in [0, 0.05) is 19.0 Å². The van der Waals surface area contributed by atoms with Gasteiger partial charge in [0.15, 0.2) is 0 Å². The molecule has 0 aliphatic heterocycles. The molecular weight excluding hydrogens is 229 g/mol. The van der Waals surface area contributed by atoms with Crippen LogP contribution < -0.4 is 5.32 Å². The van der Waals surface area contributed by atoms with Crippen LogP contribution in [-0.4, -0.2) is 24.8 Å². The van der Waals surface area contributed by atoms with Crippen LogP contribution in [0.4, 0.5) is 13.2 Å². The summed E-state index contributed by atoms with van der Waals surface area (Å²) < 4.78 is 40.2. The Hall–Kier alpha value is -0.660. The number of rotatable bonds is 5. The molecular formula is C8H11F3N2OS. The molecule has 0 aromatic carbocycles. The van der Waals surface area contributed by atoms with Crippen LogP contribution in [0.2, 0.25) is 0 Å². The Morgan fingerprint density at radius 1 is 1.53 bits per heavy atom. The van der Waals surface area contributed by atoms with Crippen LogP contribution in [0.15, 0.2) is 5.38 Å².